The fourth-order valence-corrected chi connectivity index (χ4v) is 3.71. The van der Waals surface area contributed by atoms with Gasteiger partial charge in [0.2, 0.25) is 0 Å². The highest BCUT2D eigenvalue weighted by Crippen LogP contribution is 2.60. The molecule has 19 heavy (non-hydrogen) atoms. The van der Waals surface area contributed by atoms with E-state index in [0.29, 0.717) is 11.8 Å². The number of Topliss-reactive ketones (excluding diaryl/α,β-unsaturated/α-hetero) is 1. The van der Waals surface area contributed by atoms with E-state index in [1.165, 1.54) is 11.1 Å². The van der Waals surface area contributed by atoms with Gasteiger partial charge in [-0.3, -0.25) is 9.48 Å². The van der Waals surface area contributed by atoms with Crippen LogP contribution in [-0.2, 0) is 13.5 Å². The van der Waals surface area contributed by atoms with Crippen LogP contribution in [0.5, 0.6) is 0 Å². The molecule has 2 aliphatic rings. The monoisotopic (exact) mass is 252 g/mol. The summed E-state index contributed by atoms with van der Waals surface area (Å²) in [5.41, 5.74) is 3.58. The number of ketones is 1. The van der Waals surface area contributed by atoms with Crippen LogP contribution in [0.15, 0.2) is 36.5 Å². The normalized spacial score (nSPS) is 27.5. The highest BCUT2D eigenvalue weighted by molar-refractivity contribution is 5.99. The number of carbonyl (C=O) groups is 1. The minimum Gasteiger partial charge on any atom is -0.292 e. The standard InChI is InChI=1S/C16H16N2O/c1-18-13(8-9-17-18)16(19)15-12-7-6-10-4-2-3-5-11(10)14(12)15/h2-5,8-9,12,14-15H,6-7H2,1H3. The van der Waals surface area contributed by atoms with Gasteiger partial charge in [0, 0.05) is 19.2 Å². The van der Waals surface area contributed by atoms with E-state index in [0.717, 1.165) is 18.5 Å². The minimum absolute atomic E-state index is 0.180. The summed E-state index contributed by atoms with van der Waals surface area (Å²) in [5.74, 6) is 1.45. The SMILES string of the molecule is Cn1nccc1C(=O)C1C2CCc3ccccc3C21. The third kappa shape index (κ3) is 1.51. The van der Waals surface area contributed by atoms with Gasteiger partial charge in [-0.1, -0.05) is 24.3 Å². The van der Waals surface area contributed by atoms with Crippen LogP contribution in [0.3, 0.4) is 0 Å². The highest BCUT2D eigenvalue weighted by Gasteiger charge is 2.57. The minimum atomic E-state index is 0.180. The first kappa shape index (κ1) is 11.0. The number of hydrogen-bond acceptors (Lipinski definition) is 2. The van der Waals surface area contributed by atoms with E-state index in [4.69, 9.17) is 0 Å². The number of fused-ring (bicyclic) bond motifs is 3. The molecule has 2 aliphatic carbocycles. The van der Waals surface area contributed by atoms with Crippen LogP contribution in [0.25, 0.3) is 0 Å². The molecule has 4 rings (SSSR count). The van der Waals surface area contributed by atoms with Crippen LogP contribution in [0.2, 0.25) is 0 Å². The quantitative estimate of drug-likeness (QED) is 0.770. The zero-order valence-electron chi connectivity index (χ0n) is 10.9. The molecule has 0 N–H and O–H groups in total. The third-order valence-electron chi connectivity index (χ3n) is 4.71. The second-order valence-corrected chi connectivity index (χ2v) is 5.66. The molecule has 96 valence electrons. The molecule has 0 aliphatic heterocycles. The van der Waals surface area contributed by atoms with Gasteiger partial charge < -0.3 is 0 Å². The Kier molecular flexibility index (Phi) is 2.19. The topological polar surface area (TPSA) is 34.9 Å². The van der Waals surface area contributed by atoms with E-state index >= 15 is 0 Å². The summed E-state index contributed by atoms with van der Waals surface area (Å²) in [7, 11) is 1.84. The van der Waals surface area contributed by atoms with Crippen molar-refractivity contribution >= 4 is 5.78 Å². The molecule has 3 atom stereocenters. The van der Waals surface area contributed by atoms with Crippen molar-refractivity contribution in [2.24, 2.45) is 18.9 Å². The molecule has 1 heterocycles. The van der Waals surface area contributed by atoms with Gasteiger partial charge in [0.25, 0.3) is 0 Å². The Bertz CT molecular complexity index is 658. The van der Waals surface area contributed by atoms with Crippen LogP contribution in [0.4, 0.5) is 0 Å². The average Bonchev–Trinajstić information content (AvgIpc) is 3.04. The van der Waals surface area contributed by atoms with E-state index in [1.54, 1.807) is 10.9 Å². The van der Waals surface area contributed by atoms with Crippen molar-refractivity contribution in [1.82, 2.24) is 9.78 Å². The largest absolute Gasteiger partial charge is 0.292 e. The van der Waals surface area contributed by atoms with Crippen LogP contribution in [0, 0.1) is 11.8 Å². The Labute approximate surface area is 112 Å². The van der Waals surface area contributed by atoms with Gasteiger partial charge in [-0.2, -0.15) is 5.10 Å². The van der Waals surface area contributed by atoms with Crippen LogP contribution < -0.4 is 0 Å². The molecular formula is C16H16N2O. The fourth-order valence-electron chi connectivity index (χ4n) is 3.71. The van der Waals surface area contributed by atoms with E-state index in [9.17, 15) is 4.79 Å². The molecule has 0 bridgehead atoms. The molecule has 0 radical (unpaired) electrons. The van der Waals surface area contributed by atoms with Crippen molar-refractivity contribution in [3.8, 4) is 0 Å². The van der Waals surface area contributed by atoms with Crippen molar-refractivity contribution in [1.29, 1.82) is 0 Å². The number of hydrogen-bond donors (Lipinski definition) is 0. The second-order valence-electron chi connectivity index (χ2n) is 5.66. The Balaban J connectivity index is 1.68. The summed E-state index contributed by atoms with van der Waals surface area (Å²) in [6.45, 7) is 0. The van der Waals surface area contributed by atoms with Gasteiger partial charge in [-0.05, 0) is 41.9 Å². The molecule has 1 aromatic carbocycles. The molecule has 0 spiro atoms. The lowest BCUT2D eigenvalue weighted by Crippen LogP contribution is -2.10. The van der Waals surface area contributed by atoms with Gasteiger partial charge in [0.05, 0.1) is 0 Å². The summed E-state index contributed by atoms with van der Waals surface area (Å²) < 4.78 is 1.69. The van der Waals surface area contributed by atoms with E-state index in [2.05, 4.69) is 29.4 Å². The molecule has 3 unspecified atom stereocenters. The molecular weight excluding hydrogens is 236 g/mol. The molecule has 0 amide bonds. The summed E-state index contributed by atoms with van der Waals surface area (Å²) >= 11 is 0. The molecule has 1 saturated carbocycles. The summed E-state index contributed by atoms with van der Waals surface area (Å²) in [6.07, 6.45) is 3.97. The highest BCUT2D eigenvalue weighted by atomic mass is 16.1. The van der Waals surface area contributed by atoms with Crippen LogP contribution in [-0.4, -0.2) is 15.6 Å². The number of nitrogens with zero attached hydrogens (tertiary/aromatic N) is 2. The summed E-state index contributed by atoms with van der Waals surface area (Å²) in [4.78, 5) is 12.6. The lowest BCUT2D eigenvalue weighted by Gasteiger charge is -2.13. The smallest absolute Gasteiger partial charge is 0.184 e. The van der Waals surface area contributed by atoms with Crippen molar-refractivity contribution < 1.29 is 4.79 Å². The van der Waals surface area contributed by atoms with Crippen LogP contribution >= 0.6 is 0 Å². The molecule has 3 nitrogen and oxygen atoms in total. The number of benzene rings is 1. The molecule has 1 aromatic heterocycles. The fraction of sp³-hybridized carbons (Fsp3) is 0.375. The molecule has 2 aromatic rings. The van der Waals surface area contributed by atoms with Gasteiger partial charge >= 0.3 is 0 Å². The van der Waals surface area contributed by atoms with Gasteiger partial charge in [-0.15, -0.1) is 0 Å². The zero-order valence-corrected chi connectivity index (χ0v) is 10.9. The van der Waals surface area contributed by atoms with E-state index < -0.39 is 0 Å². The maximum Gasteiger partial charge on any atom is 0.184 e. The first-order valence-electron chi connectivity index (χ1n) is 6.87. The second kappa shape index (κ2) is 3.80. The predicted octanol–water partition coefficient (Wildman–Crippen LogP) is 2.58. The Morgan fingerprint density at radius 3 is 2.95 bits per heavy atom. The maximum absolute atomic E-state index is 12.6. The molecule has 1 fully saturated rings. The molecule has 3 heteroatoms. The first-order chi connectivity index (χ1) is 9.27. The first-order valence-corrected chi connectivity index (χ1v) is 6.87. The lowest BCUT2D eigenvalue weighted by molar-refractivity contribution is 0.0950. The van der Waals surface area contributed by atoms with Crippen molar-refractivity contribution in [2.75, 3.05) is 0 Å². The van der Waals surface area contributed by atoms with E-state index in [1.807, 2.05) is 13.1 Å². The molecule has 0 saturated heterocycles. The van der Waals surface area contributed by atoms with Crippen molar-refractivity contribution in [3.05, 3.63) is 53.3 Å². The van der Waals surface area contributed by atoms with Crippen molar-refractivity contribution in [2.45, 2.75) is 18.8 Å². The number of aromatic nitrogens is 2. The number of aryl methyl sites for hydroxylation is 2. The van der Waals surface area contributed by atoms with Gasteiger partial charge in [0.15, 0.2) is 5.78 Å². The Morgan fingerprint density at radius 1 is 1.32 bits per heavy atom. The number of carbonyl (C=O) groups excluding carboxylic acids is 1. The number of rotatable bonds is 2. The van der Waals surface area contributed by atoms with Crippen LogP contribution in [0.1, 0.15) is 34.0 Å². The van der Waals surface area contributed by atoms with Gasteiger partial charge in [-0.25, -0.2) is 0 Å². The Hall–Kier alpha value is -1.90. The van der Waals surface area contributed by atoms with E-state index in [-0.39, 0.29) is 11.7 Å². The third-order valence-corrected chi connectivity index (χ3v) is 4.71. The summed E-state index contributed by atoms with van der Waals surface area (Å²) in [5, 5.41) is 4.11. The zero-order chi connectivity index (χ0) is 13.0. The van der Waals surface area contributed by atoms with Crippen molar-refractivity contribution in [3.63, 3.8) is 0 Å². The summed E-state index contributed by atoms with van der Waals surface area (Å²) in [6, 6.07) is 10.4. The van der Waals surface area contributed by atoms with Gasteiger partial charge in [0.1, 0.15) is 5.69 Å². The predicted molar refractivity (Wildman–Crippen MR) is 72.0 cm³/mol. The lowest BCUT2D eigenvalue weighted by atomic mass is 9.92. The maximum atomic E-state index is 12.6. The Morgan fingerprint density at radius 2 is 2.16 bits per heavy atom. The average molecular weight is 252 g/mol.